The second-order valence-electron chi connectivity index (χ2n) is 7.09. The Balaban J connectivity index is 2.63. The molecule has 2 aromatic rings. The molecule has 1 heterocycles. The summed E-state index contributed by atoms with van der Waals surface area (Å²) in [7, 11) is 0. The van der Waals surface area contributed by atoms with E-state index in [0.29, 0.717) is 0 Å². The van der Waals surface area contributed by atoms with Gasteiger partial charge in [0.05, 0.1) is 0 Å². The Morgan fingerprint density at radius 3 is 2.21 bits per heavy atom. The molecule has 0 unspecified atom stereocenters. The Morgan fingerprint density at radius 2 is 1.68 bits per heavy atom. The number of aromatic nitrogens is 1. The number of benzene rings is 1. The van der Waals surface area contributed by atoms with E-state index in [0.717, 1.165) is 28.6 Å². The summed E-state index contributed by atoms with van der Waals surface area (Å²) in [5.74, 6) is -0.110. The van der Waals surface area contributed by atoms with Crippen LogP contribution in [0.15, 0.2) is 18.2 Å². The van der Waals surface area contributed by atoms with Gasteiger partial charge in [0, 0.05) is 22.0 Å². The molecule has 1 nitrogen and oxygen atoms in total. The van der Waals surface area contributed by atoms with Gasteiger partial charge in [0.2, 0.25) is 0 Å². The average Bonchev–Trinajstić information content (AvgIpc) is 2.70. The van der Waals surface area contributed by atoms with Crippen LogP contribution in [0.2, 0.25) is 0 Å². The van der Waals surface area contributed by atoms with Gasteiger partial charge in [0.15, 0.2) is 0 Å². The number of H-pyrrole nitrogens is 1. The Hall–Kier alpha value is -1.31. The van der Waals surface area contributed by atoms with Crippen molar-refractivity contribution < 1.29 is 4.39 Å². The van der Waals surface area contributed by atoms with Crippen molar-refractivity contribution in [1.29, 1.82) is 0 Å². The van der Waals surface area contributed by atoms with Crippen LogP contribution in [0.25, 0.3) is 10.9 Å². The predicted octanol–water partition coefficient (Wildman–Crippen LogP) is 5.29. The molecule has 0 saturated carbocycles. The topological polar surface area (TPSA) is 15.8 Å². The maximum absolute atomic E-state index is 14.3. The van der Waals surface area contributed by atoms with Crippen LogP contribution >= 0.6 is 0 Å². The van der Waals surface area contributed by atoms with Crippen LogP contribution in [0.3, 0.4) is 0 Å². The van der Waals surface area contributed by atoms with Gasteiger partial charge >= 0.3 is 0 Å². The Kier molecular flexibility index (Phi) is 3.24. The highest BCUT2D eigenvalue weighted by Crippen LogP contribution is 2.33. The van der Waals surface area contributed by atoms with Gasteiger partial charge in [-0.15, -0.1) is 0 Å². The molecule has 2 rings (SSSR count). The molecule has 2 heteroatoms. The maximum Gasteiger partial charge on any atom is 0.129 e. The lowest BCUT2D eigenvalue weighted by atomic mass is 9.81. The number of fused-ring (bicyclic) bond motifs is 1. The van der Waals surface area contributed by atoms with Crippen LogP contribution in [-0.4, -0.2) is 4.98 Å². The van der Waals surface area contributed by atoms with Crippen LogP contribution in [0.5, 0.6) is 0 Å². The second kappa shape index (κ2) is 4.36. The zero-order valence-corrected chi connectivity index (χ0v) is 12.8. The largest absolute Gasteiger partial charge is 0.358 e. The van der Waals surface area contributed by atoms with E-state index in [4.69, 9.17) is 0 Å². The first kappa shape index (κ1) is 14.1. The first-order chi connectivity index (χ1) is 8.65. The van der Waals surface area contributed by atoms with E-state index in [9.17, 15) is 4.39 Å². The van der Waals surface area contributed by atoms with Gasteiger partial charge in [-0.1, -0.05) is 41.5 Å². The van der Waals surface area contributed by atoms with Gasteiger partial charge < -0.3 is 4.98 Å². The summed E-state index contributed by atoms with van der Waals surface area (Å²) < 4.78 is 14.3. The minimum Gasteiger partial charge on any atom is -0.358 e. The van der Waals surface area contributed by atoms with E-state index in [1.165, 1.54) is 0 Å². The standard InChI is InChI=1S/C17H24FN/c1-7-17(5,6)12-8-11-9-15(16(2,3)4)19-14(11)10-13(12)18/h8-10,19H,7H2,1-6H3. The number of hydrogen-bond acceptors (Lipinski definition) is 0. The molecule has 0 saturated heterocycles. The van der Waals surface area contributed by atoms with E-state index < -0.39 is 0 Å². The third-order valence-electron chi connectivity index (χ3n) is 4.13. The molecule has 1 aromatic heterocycles. The van der Waals surface area contributed by atoms with Gasteiger partial charge in [0.1, 0.15) is 5.82 Å². The molecule has 0 atom stereocenters. The van der Waals surface area contributed by atoms with Crippen molar-refractivity contribution >= 4 is 10.9 Å². The second-order valence-corrected chi connectivity index (χ2v) is 7.09. The molecule has 0 aliphatic heterocycles. The zero-order chi connectivity index (χ0) is 14.4. The quantitative estimate of drug-likeness (QED) is 0.755. The molecule has 1 aromatic carbocycles. The van der Waals surface area contributed by atoms with Crippen molar-refractivity contribution in [3.63, 3.8) is 0 Å². The van der Waals surface area contributed by atoms with Crippen LogP contribution in [-0.2, 0) is 10.8 Å². The molecule has 0 radical (unpaired) electrons. The van der Waals surface area contributed by atoms with Crippen molar-refractivity contribution in [2.75, 3.05) is 0 Å². The number of rotatable bonds is 2. The lowest BCUT2D eigenvalue weighted by molar-refractivity contribution is 0.470. The molecule has 0 spiro atoms. The highest BCUT2D eigenvalue weighted by atomic mass is 19.1. The third kappa shape index (κ3) is 2.54. The minimum atomic E-state index is -0.128. The average molecular weight is 261 g/mol. The van der Waals surface area contributed by atoms with E-state index >= 15 is 0 Å². The van der Waals surface area contributed by atoms with E-state index in [-0.39, 0.29) is 16.6 Å². The van der Waals surface area contributed by atoms with E-state index in [1.807, 2.05) is 6.07 Å². The SMILES string of the molecule is CCC(C)(C)c1cc2cc(C(C)(C)C)[nH]c2cc1F. The van der Waals surface area contributed by atoms with Crippen molar-refractivity contribution in [1.82, 2.24) is 4.98 Å². The zero-order valence-electron chi connectivity index (χ0n) is 12.8. The lowest BCUT2D eigenvalue weighted by Gasteiger charge is -2.23. The van der Waals surface area contributed by atoms with Crippen molar-refractivity contribution in [3.8, 4) is 0 Å². The van der Waals surface area contributed by atoms with Crippen molar-refractivity contribution in [3.05, 3.63) is 35.3 Å². The molecular weight excluding hydrogens is 237 g/mol. The van der Waals surface area contributed by atoms with Crippen LogP contribution in [0, 0.1) is 5.82 Å². The summed E-state index contributed by atoms with van der Waals surface area (Å²) in [5, 5.41) is 1.10. The summed E-state index contributed by atoms with van der Waals surface area (Å²) >= 11 is 0. The summed E-state index contributed by atoms with van der Waals surface area (Å²) in [6.45, 7) is 12.8. The molecule has 1 N–H and O–H groups in total. The molecule has 0 aliphatic carbocycles. The summed E-state index contributed by atoms with van der Waals surface area (Å²) in [5.41, 5.74) is 2.77. The highest BCUT2D eigenvalue weighted by molar-refractivity contribution is 5.82. The number of halogens is 1. The Bertz CT molecular complexity index is 599. The number of hydrogen-bond donors (Lipinski definition) is 1. The highest BCUT2D eigenvalue weighted by Gasteiger charge is 2.24. The molecule has 104 valence electrons. The van der Waals surface area contributed by atoms with Crippen LogP contribution < -0.4 is 0 Å². The molecule has 0 amide bonds. The van der Waals surface area contributed by atoms with Crippen molar-refractivity contribution in [2.45, 2.75) is 58.8 Å². The fraction of sp³-hybridized carbons (Fsp3) is 0.529. The molecule has 19 heavy (non-hydrogen) atoms. The number of nitrogens with one attached hydrogen (secondary N) is 1. The first-order valence-electron chi connectivity index (χ1n) is 6.98. The minimum absolute atomic E-state index is 0.0515. The maximum atomic E-state index is 14.3. The summed E-state index contributed by atoms with van der Waals surface area (Å²) in [6.07, 6.45) is 0.923. The number of aromatic amines is 1. The van der Waals surface area contributed by atoms with E-state index in [1.54, 1.807) is 6.07 Å². The fourth-order valence-corrected chi connectivity index (χ4v) is 2.27. The van der Waals surface area contributed by atoms with Crippen molar-refractivity contribution in [2.24, 2.45) is 0 Å². The smallest absolute Gasteiger partial charge is 0.129 e. The normalized spacial score (nSPS) is 13.2. The fourth-order valence-electron chi connectivity index (χ4n) is 2.27. The van der Waals surface area contributed by atoms with E-state index in [2.05, 4.69) is 52.6 Å². The van der Waals surface area contributed by atoms with Gasteiger partial charge in [-0.3, -0.25) is 0 Å². The Morgan fingerprint density at radius 1 is 1.05 bits per heavy atom. The molecule has 0 bridgehead atoms. The molecule has 0 aliphatic rings. The first-order valence-corrected chi connectivity index (χ1v) is 6.98. The van der Waals surface area contributed by atoms with Gasteiger partial charge in [-0.25, -0.2) is 4.39 Å². The monoisotopic (exact) mass is 261 g/mol. The van der Waals surface area contributed by atoms with Crippen LogP contribution in [0.4, 0.5) is 4.39 Å². The summed E-state index contributed by atoms with van der Waals surface area (Å²) in [4.78, 5) is 3.33. The van der Waals surface area contributed by atoms with Gasteiger partial charge in [-0.2, -0.15) is 0 Å². The van der Waals surface area contributed by atoms with Gasteiger partial charge in [0.25, 0.3) is 0 Å². The Labute approximate surface area is 115 Å². The predicted molar refractivity (Wildman–Crippen MR) is 80.3 cm³/mol. The summed E-state index contributed by atoms with van der Waals surface area (Å²) in [6, 6.07) is 5.78. The molecule has 0 fully saturated rings. The van der Waals surface area contributed by atoms with Gasteiger partial charge in [-0.05, 0) is 35.6 Å². The lowest BCUT2D eigenvalue weighted by Crippen LogP contribution is -2.17. The molecular formula is C17H24FN. The van der Waals surface area contributed by atoms with Crippen LogP contribution in [0.1, 0.15) is 59.2 Å². The third-order valence-corrected chi connectivity index (χ3v) is 4.13.